The van der Waals surface area contributed by atoms with Crippen molar-refractivity contribution in [1.82, 2.24) is 4.90 Å². The summed E-state index contributed by atoms with van der Waals surface area (Å²) in [6.45, 7) is 4.47. The Morgan fingerprint density at radius 1 is 1.29 bits per heavy atom. The molecule has 3 nitrogen and oxygen atoms in total. The lowest BCUT2D eigenvalue weighted by atomic mass is 10.1. The summed E-state index contributed by atoms with van der Waals surface area (Å²) in [5.74, 6) is 0.0494. The van der Waals surface area contributed by atoms with Gasteiger partial charge in [0, 0.05) is 18.2 Å². The van der Waals surface area contributed by atoms with E-state index in [4.69, 9.17) is 5.11 Å². The molecular weight excluding hydrogens is 214 g/mol. The van der Waals surface area contributed by atoms with Crippen molar-refractivity contribution in [2.75, 3.05) is 13.2 Å². The molecule has 3 heteroatoms. The molecule has 0 saturated heterocycles. The van der Waals surface area contributed by atoms with Crippen molar-refractivity contribution in [3.63, 3.8) is 0 Å². The highest BCUT2D eigenvalue weighted by Crippen LogP contribution is 2.28. The summed E-state index contributed by atoms with van der Waals surface area (Å²) in [4.78, 5) is 14.1. The van der Waals surface area contributed by atoms with Gasteiger partial charge in [-0.05, 0) is 38.8 Å². The van der Waals surface area contributed by atoms with E-state index in [-0.39, 0.29) is 12.5 Å². The molecule has 1 N–H and O–H groups in total. The average Bonchev–Trinajstić information content (AvgIpc) is 3.07. The molecule has 1 aromatic rings. The Morgan fingerprint density at radius 2 is 1.88 bits per heavy atom. The Balaban J connectivity index is 2.21. The van der Waals surface area contributed by atoms with Crippen LogP contribution < -0.4 is 0 Å². The highest BCUT2D eigenvalue weighted by molar-refractivity contribution is 5.95. The Morgan fingerprint density at radius 3 is 2.35 bits per heavy atom. The van der Waals surface area contributed by atoms with E-state index in [1.54, 1.807) is 4.90 Å². The quantitative estimate of drug-likeness (QED) is 0.863. The summed E-state index contributed by atoms with van der Waals surface area (Å²) in [7, 11) is 0. The van der Waals surface area contributed by atoms with Gasteiger partial charge < -0.3 is 10.0 Å². The topological polar surface area (TPSA) is 40.5 Å². The molecule has 1 aromatic carbocycles. The van der Waals surface area contributed by atoms with Crippen LogP contribution in [0, 0.1) is 13.8 Å². The molecule has 0 aromatic heterocycles. The molecule has 92 valence electrons. The fourth-order valence-corrected chi connectivity index (χ4v) is 2.21. The van der Waals surface area contributed by atoms with E-state index in [0.29, 0.717) is 12.6 Å². The van der Waals surface area contributed by atoms with Crippen molar-refractivity contribution in [2.45, 2.75) is 32.7 Å². The fourth-order valence-electron chi connectivity index (χ4n) is 2.21. The van der Waals surface area contributed by atoms with Crippen molar-refractivity contribution < 1.29 is 9.90 Å². The summed E-state index contributed by atoms with van der Waals surface area (Å²) >= 11 is 0. The molecule has 0 spiro atoms. The molecule has 1 saturated carbocycles. The van der Waals surface area contributed by atoms with Gasteiger partial charge in [0.05, 0.1) is 6.61 Å². The number of carbonyl (C=O) groups is 1. The van der Waals surface area contributed by atoms with Crippen LogP contribution >= 0.6 is 0 Å². The van der Waals surface area contributed by atoms with E-state index in [0.717, 1.165) is 29.5 Å². The number of amides is 1. The second-order valence-corrected chi connectivity index (χ2v) is 4.83. The van der Waals surface area contributed by atoms with Crippen LogP contribution in [0.15, 0.2) is 18.2 Å². The Kier molecular flexibility index (Phi) is 3.48. The van der Waals surface area contributed by atoms with Gasteiger partial charge in [-0.25, -0.2) is 0 Å². The highest BCUT2D eigenvalue weighted by atomic mass is 16.3. The molecular formula is C14H19NO2. The zero-order valence-electron chi connectivity index (χ0n) is 10.4. The number of benzene rings is 1. The number of rotatable bonds is 4. The first-order valence-electron chi connectivity index (χ1n) is 6.12. The van der Waals surface area contributed by atoms with Gasteiger partial charge in [-0.1, -0.05) is 17.2 Å². The van der Waals surface area contributed by atoms with E-state index < -0.39 is 0 Å². The normalized spacial score (nSPS) is 14.8. The van der Waals surface area contributed by atoms with E-state index in [1.165, 1.54) is 0 Å². The molecule has 1 aliphatic rings. The standard InChI is InChI=1S/C14H19NO2/c1-10-7-11(2)9-12(8-10)14(17)15(5-6-16)13-3-4-13/h7-9,13,16H,3-6H2,1-2H3. The number of aryl methyl sites for hydroxylation is 2. The molecule has 0 aliphatic heterocycles. The SMILES string of the molecule is Cc1cc(C)cc(C(=O)N(CCO)C2CC2)c1. The Labute approximate surface area is 102 Å². The predicted molar refractivity (Wildman–Crippen MR) is 67.1 cm³/mol. The van der Waals surface area contributed by atoms with Crippen LogP contribution in [0.3, 0.4) is 0 Å². The summed E-state index contributed by atoms with van der Waals surface area (Å²) in [6.07, 6.45) is 2.13. The van der Waals surface area contributed by atoms with Gasteiger partial charge >= 0.3 is 0 Å². The second-order valence-electron chi connectivity index (χ2n) is 4.83. The van der Waals surface area contributed by atoms with Crippen LogP contribution in [0.4, 0.5) is 0 Å². The molecule has 1 fully saturated rings. The number of nitrogens with zero attached hydrogens (tertiary/aromatic N) is 1. The van der Waals surface area contributed by atoms with E-state index in [1.807, 2.05) is 26.0 Å². The molecule has 0 atom stereocenters. The van der Waals surface area contributed by atoms with Crippen molar-refractivity contribution in [3.8, 4) is 0 Å². The van der Waals surface area contributed by atoms with Crippen LogP contribution in [0.2, 0.25) is 0 Å². The lowest BCUT2D eigenvalue weighted by molar-refractivity contribution is 0.0707. The van der Waals surface area contributed by atoms with Gasteiger partial charge in [0.1, 0.15) is 0 Å². The van der Waals surface area contributed by atoms with Crippen LogP contribution in [-0.2, 0) is 0 Å². The van der Waals surface area contributed by atoms with Gasteiger partial charge in [0.25, 0.3) is 5.91 Å². The number of hydrogen-bond acceptors (Lipinski definition) is 2. The lowest BCUT2D eigenvalue weighted by Crippen LogP contribution is -2.35. The summed E-state index contributed by atoms with van der Waals surface area (Å²) in [6, 6.07) is 6.24. The number of hydrogen-bond donors (Lipinski definition) is 1. The number of aliphatic hydroxyl groups excluding tert-OH is 1. The summed E-state index contributed by atoms with van der Waals surface area (Å²) in [5.41, 5.74) is 2.95. The fraction of sp³-hybridized carbons (Fsp3) is 0.500. The molecule has 0 unspecified atom stereocenters. The second kappa shape index (κ2) is 4.88. The first kappa shape index (κ1) is 12.1. The van der Waals surface area contributed by atoms with Gasteiger partial charge in [-0.3, -0.25) is 4.79 Å². The van der Waals surface area contributed by atoms with E-state index in [9.17, 15) is 4.79 Å². The molecule has 1 aliphatic carbocycles. The third kappa shape index (κ3) is 2.86. The smallest absolute Gasteiger partial charge is 0.254 e. The molecule has 0 heterocycles. The van der Waals surface area contributed by atoms with Gasteiger partial charge in [-0.2, -0.15) is 0 Å². The van der Waals surface area contributed by atoms with Gasteiger partial charge in [-0.15, -0.1) is 0 Å². The minimum Gasteiger partial charge on any atom is -0.395 e. The minimum atomic E-state index is 0.0348. The van der Waals surface area contributed by atoms with Crippen molar-refractivity contribution in [3.05, 3.63) is 34.9 Å². The monoisotopic (exact) mass is 233 g/mol. The molecule has 1 amide bonds. The predicted octanol–water partition coefficient (Wildman–Crippen LogP) is 1.90. The van der Waals surface area contributed by atoms with Crippen molar-refractivity contribution in [1.29, 1.82) is 0 Å². The summed E-state index contributed by atoms with van der Waals surface area (Å²) in [5, 5.41) is 9.02. The zero-order valence-corrected chi connectivity index (χ0v) is 10.4. The van der Waals surface area contributed by atoms with Crippen LogP contribution in [-0.4, -0.2) is 35.1 Å². The third-order valence-corrected chi connectivity index (χ3v) is 3.06. The van der Waals surface area contributed by atoms with Crippen LogP contribution in [0.5, 0.6) is 0 Å². The number of carbonyl (C=O) groups excluding carboxylic acids is 1. The van der Waals surface area contributed by atoms with E-state index in [2.05, 4.69) is 6.07 Å². The molecule has 17 heavy (non-hydrogen) atoms. The molecule has 0 radical (unpaired) electrons. The minimum absolute atomic E-state index is 0.0348. The molecule has 0 bridgehead atoms. The highest BCUT2D eigenvalue weighted by Gasteiger charge is 2.32. The maximum atomic E-state index is 12.3. The van der Waals surface area contributed by atoms with Crippen molar-refractivity contribution in [2.24, 2.45) is 0 Å². The Hall–Kier alpha value is -1.35. The average molecular weight is 233 g/mol. The molecule has 2 rings (SSSR count). The maximum Gasteiger partial charge on any atom is 0.254 e. The first-order valence-corrected chi connectivity index (χ1v) is 6.12. The lowest BCUT2D eigenvalue weighted by Gasteiger charge is -2.21. The van der Waals surface area contributed by atoms with E-state index >= 15 is 0 Å². The summed E-state index contributed by atoms with van der Waals surface area (Å²) < 4.78 is 0. The Bertz CT molecular complexity index is 404. The zero-order chi connectivity index (χ0) is 12.4. The van der Waals surface area contributed by atoms with Gasteiger partial charge in [0.2, 0.25) is 0 Å². The maximum absolute atomic E-state index is 12.3. The first-order chi connectivity index (χ1) is 8.11. The number of aliphatic hydroxyl groups is 1. The van der Waals surface area contributed by atoms with Crippen LogP contribution in [0.25, 0.3) is 0 Å². The largest absolute Gasteiger partial charge is 0.395 e. The van der Waals surface area contributed by atoms with Crippen molar-refractivity contribution >= 4 is 5.91 Å². The van der Waals surface area contributed by atoms with Crippen LogP contribution in [0.1, 0.15) is 34.3 Å². The van der Waals surface area contributed by atoms with Gasteiger partial charge in [0.15, 0.2) is 0 Å². The third-order valence-electron chi connectivity index (χ3n) is 3.06.